The second-order valence-corrected chi connectivity index (χ2v) is 7.84. The van der Waals surface area contributed by atoms with Crippen molar-refractivity contribution in [1.82, 2.24) is 24.7 Å². The van der Waals surface area contributed by atoms with Crippen molar-refractivity contribution >= 4 is 16.9 Å². The highest BCUT2D eigenvalue weighted by molar-refractivity contribution is 5.82. The van der Waals surface area contributed by atoms with E-state index in [-0.39, 0.29) is 11.8 Å². The highest BCUT2D eigenvalue weighted by Gasteiger charge is 2.32. The normalized spacial score (nSPS) is 15.3. The molecule has 0 bridgehead atoms. The van der Waals surface area contributed by atoms with Crippen molar-refractivity contribution < 1.29 is 9.90 Å². The lowest BCUT2D eigenvalue weighted by molar-refractivity contribution is -0.130. The molecule has 1 heterocycles. The Morgan fingerprint density at radius 3 is 2.52 bits per heavy atom. The smallest absolute Gasteiger partial charge is 0.239 e. The van der Waals surface area contributed by atoms with Crippen molar-refractivity contribution in [3.8, 4) is 0 Å². The number of nitrogens with one attached hydrogen (secondary N) is 1. The summed E-state index contributed by atoms with van der Waals surface area (Å²) in [6.07, 6.45) is -0.194. The van der Waals surface area contributed by atoms with Crippen LogP contribution in [0.15, 0.2) is 18.2 Å². The third-order valence-corrected chi connectivity index (χ3v) is 5.02. The Morgan fingerprint density at radius 1 is 1.30 bits per heavy atom. The van der Waals surface area contributed by atoms with E-state index in [1.165, 1.54) is 5.56 Å². The molecule has 2 aromatic rings. The van der Waals surface area contributed by atoms with Gasteiger partial charge in [0.15, 0.2) is 0 Å². The fraction of sp³-hybridized carbons (Fsp3) is 0.600. The molecule has 7 heteroatoms. The van der Waals surface area contributed by atoms with Gasteiger partial charge < -0.3 is 19.9 Å². The average molecular weight is 376 g/mol. The fourth-order valence-corrected chi connectivity index (χ4v) is 3.50. The van der Waals surface area contributed by atoms with Gasteiger partial charge in [-0.3, -0.25) is 9.69 Å². The van der Waals surface area contributed by atoms with E-state index in [1.54, 1.807) is 26.0 Å². The first-order valence-electron chi connectivity index (χ1n) is 9.30. The van der Waals surface area contributed by atoms with Crippen molar-refractivity contribution in [2.45, 2.75) is 32.0 Å². The fourth-order valence-electron chi connectivity index (χ4n) is 3.50. The predicted molar refractivity (Wildman–Crippen MR) is 109 cm³/mol. The monoisotopic (exact) mass is 375 g/mol. The number of aryl methyl sites for hydroxylation is 1. The van der Waals surface area contributed by atoms with Crippen LogP contribution in [-0.2, 0) is 24.8 Å². The van der Waals surface area contributed by atoms with Crippen LogP contribution in [0.5, 0.6) is 0 Å². The Morgan fingerprint density at radius 2 is 1.96 bits per heavy atom. The van der Waals surface area contributed by atoms with Crippen LogP contribution in [0.3, 0.4) is 0 Å². The summed E-state index contributed by atoms with van der Waals surface area (Å²) >= 11 is 0. The number of imidazole rings is 1. The number of rotatable bonds is 8. The van der Waals surface area contributed by atoms with Crippen LogP contribution >= 0.6 is 0 Å². The van der Waals surface area contributed by atoms with E-state index in [9.17, 15) is 9.90 Å². The number of hydrogen-bond acceptors (Lipinski definition) is 5. The Bertz CT molecular complexity index is 784. The van der Waals surface area contributed by atoms with E-state index in [4.69, 9.17) is 4.98 Å². The molecule has 0 aliphatic carbocycles. The SMILES string of the molecule is CNC(=O)[C@H]([C@H](O)[C@H](C)Cc1nc2cc(CN(C)C)ccc2n1C)N(C)C. The number of aliphatic hydroxyl groups excluding tert-OH is 1. The molecule has 7 nitrogen and oxygen atoms in total. The van der Waals surface area contributed by atoms with Gasteiger partial charge in [-0.2, -0.15) is 0 Å². The number of hydrogen-bond donors (Lipinski definition) is 2. The second kappa shape index (κ2) is 8.82. The molecular formula is C20H33N5O2. The van der Waals surface area contributed by atoms with Crippen LogP contribution in [0.1, 0.15) is 18.3 Å². The molecule has 150 valence electrons. The number of nitrogens with zero attached hydrogens (tertiary/aromatic N) is 4. The molecule has 0 saturated heterocycles. The van der Waals surface area contributed by atoms with E-state index in [0.717, 1.165) is 23.4 Å². The zero-order chi connectivity index (χ0) is 20.3. The number of fused-ring (bicyclic) bond motifs is 1. The molecule has 2 N–H and O–H groups in total. The van der Waals surface area contributed by atoms with Crippen molar-refractivity contribution in [2.75, 3.05) is 35.2 Å². The lowest BCUT2D eigenvalue weighted by Gasteiger charge is -2.31. The lowest BCUT2D eigenvalue weighted by atomic mass is 9.93. The molecule has 0 aliphatic heterocycles. The van der Waals surface area contributed by atoms with E-state index in [2.05, 4.69) is 33.0 Å². The summed E-state index contributed by atoms with van der Waals surface area (Å²) in [5.41, 5.74) is 3.26. The highest BCUT2D eigenvalue weighted by Crippen LogP contribution is 2.22. The molecule has 3 atom stereocenters. The maximum atomic E-state index is 12.1. The molecule has 0 spiro atoms. The molecule has 2 rings (SSSR count). The van der Waals surface area contributed by atoms with Gasteiger partial charge in [-0.1, -0.05) is 13.0 Å². The first-order valence-corrected chi connectivity index (χ1v) is 9.30. The van der Waals surface area contributed by atoms with Gasteiger partial charge >= 0.3 is 0 Å². The van der Waals surface area contributed by atoms with Crippen LogP contribution in [0.2, 0.25) is 0 Å². The minimum absolute atomic E-state index is 0.119. The van der Waals surface area contributed by atoms with Crippen molar-refractivity contribution in [1.29, 1.82) is 0 Å². The summed E-state index contributed by atoms with van der Waals surface area (Å²) in [4.78, 5) is 20.8. The highest BCUT2D eigenvalue weighted by atomic mass is 16.3. The summed E-state index contributed by atoms with van der Waals surface area (Å²) in [6.45, 7) is 2.83. The van der Waals surface area contributed by atoms with Crippen molar-refractivity contribution in [3.05, 3.63) is 29.6 Å². The largest absolute Gasteiger partial charge is 0.391 e. The van der Waals surface area contributed by atoms with Crippen molar-refractivity contribution in [2.24, 2.45) is 13.0 Å². The first-order chi connectivity index (χ1) is 12.6. The molecule has 0 unspecified atom stereocenters. The standard InChI is InChI=1S/C20H33N5O2/c1-13(19(26)18(24(5)6)20(27)21-2)10-17-22-15-11-14(12-23(3)4)8-9-16(15)25(17)7/h8-9,11,13,18-19,26H,10,12H2,1-7H3,(H,21,27)/t13-,18+,19-/m1/s1. The molecule has 1 aromatic carbocycles. The van der Waals surface area contributed by atoms with Crippen LogP contribution in [0.25, 0.3) is 11.0 Å². The third kappa shape index (κ3) is 4.86. The maximum absolute atomic E-state index is 12.1. The number of aliphatic hydroxyl groups is 1. The molecule has 27 heavy (non-hydrogen) atoms. The first kappa shape index (κ1) is 21.3. The quantitative estimate of drug-likeness (QED) is 0.716. The summed E-state index contributed by atoms with van der Waals surface area (Å²) < 4.78 is 2.07. The molecule has 0 aliphatic rings. The molecule has 0 fully saturated rings. The molecule has 1 amide bonds. The van der Waals surface area contributed by atoms with E-state index >= 15 is 0 Å². The van der Waals surface area contributed by atoms with Crippen LogP contribution in [0, 0.1) is 5.92 Å². The van der Waals surface area contributed by atoms with Crippen molar-refractivity contribution in [3.63, 3.8) is 0 Å². The Balaban J connectivity index is 2.23. The van der Waals surface area contributed by atoms with Gasteiger partial charge in [-0.15, -0.1) is 0 Å². The zero-order valence-electron chi connectivity index (χ0n) is 17.5. The Kier molecular flexibility index (Phi) is 6.97. The number of amides is 1. The number of carbonyl (C=O) groups excluding carboxylic acids is 1. The van der Waals surface area contributed by atoms with Gasteiger partial charge in [0.1, 0.15) is 11.9 Å². The number of likely N-dealkylation sites (N-methyl/N-ethyl adjacent to an activating group) is 2. The van der Waals surface area contributed by atoms with Crippen LogP contribution in [-0.4, -0.2) is 77.7 Å². The minimum Gasteiger partial charge on any atom is -0.391 e. The summed E-state index contributed by atoms with van der Waals surface area (Å²) in [5, 5.41) is 13.4. The zero-order valence-corrected chi connectivity index (χ0v) is 17.5. The number of benzene rings is 1. The van der Waals surface area contributed by atoms with E-state index < -0.39 is 12.1 Å². The maximum Gasteiger partial charge on any atom is 0.239 e. The molecule has 0 saturated carbocycles. The topological polar surface area (TPSA) is 73.6 Å². The second-order valence-electron chi connectivity index (χ2n) is 7.84. The van der Waals surface area contributed by atoms with E-state index in [1.807, 2.05) is 28.1 Å². The van der Waals surface area contributed by atoms with Crippen LogP contribution in [0.4, 0.5) is 0 Å². The number of aromatic nitrogens is 2. The van der Waals surface area contributed by atoms with Gasteiger partial charge in [-0.25, -0.2) is 4.98 Å². The van der Waals surface area contributed by atoms with Gasteiger partial charge in [0.05, 0.1) is 17.1 Å². The lowest BCUT2D eigenvalue weighted by Crippen LogP contribution is -2.52. The summed E-state index contributed by atoms with van der Waals surface area (Å²) in [5.74, 6) is 0.608. The molecule has 0 radical (unpaired) electrons. The Hall–Kier alpha value is -1.96. The summed E-state index contributed by atoms with van der Waals surface area (Å²) in [6, 6.07) is 5.75. The van der Waals surface area contributed by atoms with Crippen LogP contribution < -0.4 is 5.32 Å². The third-order valence-electron chi connectivity index (χ3n) is 5.02. The van der Waals surface area contributed by atoms with Gasteiger partial charge in [0, 0.05) is 27.1 Å². The average Bonchev–Trinajstić information content (AvgIpc) is 2.89. The molecular weight excluding hydrogens is 342 g/mol. The van der Waals surface area contributed by atoms with Gasteiger partial charge in [-0.05, 0) is 51.8 Å². The summed E-state index contributed by atoms with van der Waals surface area (Å²) in [7, 11) is 11.3. The van der Waals surface area contributed by atoms with E-state index in [0.29, 0.717) is 6.42 Å². The van der Waals surface area contributed by atoms with Gasteiger partial charge in [0.25, 0.3) is 0 Å². The van der Waals surface area contributed by atoms with Gasteiger partial charge in [0.2, 0.25) is 5.91 Å². The number of carbonyl (C=O) groups is 1. The minimum atomic E-state index is -0.788. The Labute approximate surface area is 162 Å². The molecule has 1 aromatic heterocycles. The predicted octanol–water partition coefficient (Wildman–Crippen LogP) is 0.851.